The van der Waals surface area contributed by atoms with Gasteiger partial charge in [-0.15, -0.1) is 0 Å². The summed E-state index contributed by atoms with van der Waals surface area (Å²) < 4.78 is 55.4. The fraction of sp³-hybridized carbons (Fsp3) is 0.400. The highest BCUT2D eigenvalue weighted by atomic mass is 32.2. The first-order chi connectivity index (χ1) is 15.6. The summed E-state index contributed by atoms with van der Waals surface area (Å²) in [5.74, 6) is 0.697. The summed E-state index contributed by atoms with van der Waals surface area (Å²) in [5.41, 5.74) is 0.485. The Bertz CT molecular complexity index is 1150. The molecule has 0 amide bonds. The molecule has 33 heavy (non-hydrogen) atoms. The Morgan fingerprint density at radius 1 is 1.06 bits per heavy atom. The Morgan fingerprint density at radius 3 is 2.55 bits per heavy atom. The van der Waals surface area contributed by atoms with E-state index in [1.807, 2.05) is 39.0 Å². The van der Waals surface area contributed by atoms with Crippen molar-refractivity contribution in [1.29, 1.82) is 0 Å². The number of aromatic nitrogens is 1. The molecule has 0 bridgehead atoms. The van der Waals surface area contributed by atoms with Gasteiger partial charge in [0.25, 0.3) is 0 Å². The highest BCUT2D eigenvalue weighted by molar-refractivity contribution is 7.99. The van der Waals surface area contributed by atoms with E-state index in [9.17, 15) is 13.2 Å². The summed E-state index contributed by atoms with van der Waals surface area (Å²) in [7, 11) is 0. The zero-order chi connectivity index (χ0) is 23.8. The number of ether oxygens (including phenoxy) is 2. The highest BCUT2D eigenvalue weighted by Crippen LogP contribution is 2.54. The maximum Gasteiger partial charge on any atom is 0.397 e. The van der Waals surface area contributed by atoms with Crippen LogP contribution in [-0.4, -0.2) is 29.0 Å². The Balaban J connectivity index is 1.88. The minimum absolute atomic E-state index is 0.0139. The summed E-state index contributed by atoms with van der Waals surface area (Å²) in [6.07, 6.45) is -4.48. The van der Waals surface area contributed by atoms with Crippen molar-refractivity contribution in [2.75, 3.05) is 17.9 Å². The number of para-hydroxylation sites is 1. The van der Waals surface area contributed by atoms with Crippen LogP contribution in [0.25, 0.3) is 10.9 Å². The van der Waals surface area contributed by atoms with Crippen molar-refractivity contribution >= 4 is 28.4 Å². The second-order valence-electron chi connectivity index (χ2n) is 8.76. The summed E-state index contributed by atoms with van der Waals surface area (Å²) in [4.78, 5) is 4.53. The number of nitrogens with one attached hydrogen (secondary N) is 1. The SMILES string of the molecule is Cc1ccc2c(NC(c3cccc4c3OCO4)[C@](C)(CSC(C)C)C(F)(F)F)cccc2n1. The molecule has 1 aliphatic rings. The van der Waals surface area contributed by atoms with Gasteiger partial charge in [-0.05, 0) is 49.4 Å². The molecule has 4 rings (SSSR count). The third kappa shape index (κ3) is 4.58. The average Bonchev–Trinajstić information content (AvgIpc) is 3.24. The van der Waals surface area contributed by atoms with Crippen LogP contribution in [0, 0.1) is 12.3 Å². The lowest BCUT2D eigenvalue weighted by molar-refractivity contribution is -0.215. The van der Waals surface area contributed by atoms with Gasteiger partial charge < -0.3 is 14.8 Å². The van der Waals surface area contributed by atoms with E-state index in [1.165, 1.54) is 18.7 Å². The van der Waals surface area contributed by atoms with E-state index in [-0.39, 0.29) is 17.8 Å². The lowest BCUT2D eigenvalue weighted by Crippen LogP contribution is -2.46. The van der Waals surface area contributed by atoms with Gasteiger partial charge in [-0.1, -0.05) is 32.0 Å². The second kappa shape index (κ2) is 8.97. The smallest absolute Gasteiger partial charge is 0.397 e. The Hall–Kier alpha value is -2.61. The van der Waals surface area contributed by atoms with Crippen molar-refractivity contribution in [2.45, 2.75) is 45.2 Å². The summed E-state index contributed by atoms with van der Waals surface area (Å²) >= 11 is 1.29. The molecule has 1 unspecified atom stereocenters. The number of benzene rings is 2. The zero-order valence-corrected chi connectivity index (χ0v) is 19.8. The van der Waals surface area contributed by atoms with Crippen LogP contribution in [0.15, 0.2) is 48.5 Å². The molecule has 1 aliphatic heterocycles. The summed E-state index contributed by atoms with van der Waals surface area (Å²) in [6, 6.07) is 13.2. The molecule has 0 saturated carbocycles. The zero-order valence-electron chi connectivity index (χ0n) is 19.0. The number of thioether (sulfide) groups is 1. The van der Waals surface area contributed by atoms with Gasteiger partial charge in [-0.2, -0.15) is 24.9 Å². The van der Waals surface area contributed by atoms with E-state index in [0.717, 1.165) is 16.6 Å². The summed E-state index contributed by atoms with van der Waals surface area (Å²) in [5, 5.41) is 4.07. The number of pyridine rings is 1. The molecule has 8 heteroatoms. The van der Waals surface area contributed by atoms with Crippen LogP contribution in [0.3, 0.4) is 0 Å². The van der Waals surface area contributed by atoms with Gasteiger partial charge in [0, 0.05) is 28.1 Å². The molecule has 1 aromatic heterocycles. The van der Waals surface area contributed by atoms with Crippen LogP contribution < -0.4 is 14.8 Å². The molecule has 0 radical (unpaired) electrons. The maximum absolute atomic E-state index is 14.8. The fourth-order valence-corrected chi connectivity index (χ4v) is 4.98. The van der Waals surface area contributed by atoms with Crippen molar-refractivity contribution in [3.63, 3.8) is 0 Å². The van der Waals surface area contributed by atoms with Crippen LogP contribution in [-0.2, 0) is 0 Å². The molecule has 0 aliphatic carbocycles. The van der Waals surface area contributed by atoms with Gasteiger partial charge in [0.15, 0.2) is 11.5 Å². The minimum Gasteiger partial charge on any atom is -0.454 e. The van der Waals surface area contributed by atoms with Crippen molar-refractivity contribution in [3.8, 4) is 11.5 Å². The molecule has 3 aromatic rings. The minimum atomic E-state index is -4.48. The van der Waals surface area contributed by atoms with E-state index in [1.54, 1.807) is 30.3 Å². The fourth-order valence-electron chi connectivity index (χ4n) is 3.97. The highest BCUT2D eigenvalue weighted by Gasteiger charge is 2.57. The van der Waals surface area contributed by atoms with E-state index in [4.69, 9.17) is 9.47 Å². The molecule has 0 saturated heterocycles. The molecule has 0 spiro atoms. The monoisotopic (exact) mass is 476 g/mol. The first kappa shape index (κ1) is 23.5. The lowest BCUT2D eigenvalue weighted by Gasteiger charge is -2.41. The van der Waals surface area contributed by atoms with Gasteiger partial charge >= 0.3 is 6.18 Å². The van der Waals surface area contributed by atoms with Gasteiger partial charge in [-0.25, -0.2) is 0 Å². The van der Waals surface area contributed by atoms with Crippen molar-refractivity contribution < 1.29 is 22.6 Å². The standard InChI is InChI=1S/C25H27F3N2O2S/c1-15(2)33-13-24(4,25(26,27)28)23(18-7-5-10-21-22(18)32-14-31-21)30-20-9-6-8-19-17(20)12-11-16(3)29-19/h5-12,15,23,30H,13-14H2,1-4H3/t23?,24-/m0/s1. The number of anilines is 1. The number of aryl methyl sites for hydroxylation is 1. The van der Waals surface area contributed by atoms with E-state index in [0.29, 0.717) is 22.7 Å². The molecule has 1 N–H and O–H groups in total. The van der Waals surface area contributed by atoms with Crippen molar-refractivity contribution in [1.82, 2.24) is 4.98 Å². The van der Waals surface area contributed by atoms with Crippen LogP contribution in [0.5, 0.6) is 11.5 Å². The van der Waals surface area contributed by atoms with Crippen LogP contribution in [0.2, 0.25) is 0 Å². The van der Waals surface area contributed by atoms with E-state index < -0.39 is 17.6 Å². The number of nitrogens with zero attached hydrogens (tertiary/aromatic N) is 1. The number of hydrogen-bond donors (Lipinski definition) is 1. The van der Waals surface area contributed by atoms with Gasteiger partial charge in [0.2, 0.25) is 6.79 Å². The predicted octanol–water partition coefficient (Wildman–Crippen LogP) is 7.14. The Kier molecular flexibility index (Phi) is 6.40. The number of fused-ring (bicyclic) bond motifs is 2. The van der Waals surface area contributed by atoms with Crippen LogP contribution in [0.1, 0.15) is 38.1 Å². The quantitative estimate of drug-likeness (QED) is 0.393. The number of halogens is 3. The molecular formula is C25H27F3N2O2S. The molecule has 0 fully saturated rings. The predicted molar refractivity (Wildman–Crippen MR) is 127 cm³/mol. The van der Waals surface area contributed by atoms with Crippen molar-refractivity contribution in [3.05, 3.63) is 59.8 Å². The first-order valence-electron chi connectivity index (χ1n) is 10.8. The van der Waals surface area contributed by atoms with Gasteiger partial charge in [0.1, 0.15) is 0 Å². The molecule has 4 nitrogen and oxygen atoms in total. The largest absolute Gasteiger partial charge is 0.454 e. The normalized spacial score (nSPS) is 16.1. The average molecular weight is 477 g/mol. The van der Waals surface area contributed by atoms with Crippen LogP contribution >= 0.6 is 11.8 Å². The lowest BCUT2D eigenvalue weighted by atomic mass is 9.78. The molecule has 2 aromatic carbocycles. The topological polar surface area (TPSA) is 43.4 Å². The molecule has 2 atom stereocenters. The van der Waals surface area contributed by atoms with Crippen molar-refractivity contribution in [2.24, 2.45) is 5.41 Å². The summed E-state index contributed by atoms with van der Waals surface area (Å²) in [6.45, 7) is 6.96. The number of hydrogen-bond acceptors (Lipinski definition) is 5. The molecule has 176 valence electrons. The maximum atomic E-state index is 14.8. The van der Waals surface area contributed by atoms with Gasteiger partial charge in [-0.3, -0.25) is 4.98 Å². The number of alkyl halides is 3. The Morgan fingerprint density at radius 2 is 1.82 bits per heavy atom. The first-order valence-corrected chi connectivity index (χ1v) is 11.8. The Labute approximate surface area is 195 Å². The van der Waals surface area contributed by atoms with E-state index in [2.05, 4.69) is 10.3 Å². The number of rotatable bonds is 7. The third-order valence-electron chi connectivity index (χ3n) is 5.91. The third-order valence-corrected chi connectivity index (χ3v) is 7.34. The van der Waals surface area contributed by atoms with Crippen LogP contribution in [0.4, 0.5) is 18.9 Å². The van der Waals surface area contributed by atoms with Gasteiger partial charge in [0.05, 0.1) is 17.0 Å². The van der Waals surface area contributed by atoms with E-state index >= 15 is 0 Å². The second-order valence-corrected chi connectivity index (χ2v) is 10.3. The molecular weight excluding hydrogens is 449 g/mol. The molecule has 2 heterocycles.